The van der Waals surface area contributed by atoms with Crippen LogP contribution in [0, 0.1) is 18.3 Å². The quantitative estimate of drug-likeness (QED) is 0.605. The Labute approximate surface area is 87.6 Å². The zero-order chi connectivity index (χ0) is 10.6. The number of aryl methyl sites for hydroxylation is 1. The van der Waals surface area contributed by atoms with Crippen LogP contribution in [0.3, 0.4) is 0 Å². The third kappa shape index (κ3) is 2.89. The highest BCUT2D eigenvalue weighted by Crippen LogP contribution is 2.22. The van der Waals surface area contributed by atoms with E-state index in [4.69, 9.17) is 11.0 Å². The van der Waals surface area contributed by atoms with Crippen LogP contribution < -0.4 is 5.73 Å². The van der Waals surface area contributed by atoms with Gasteiger partial charge in [0.25, 0.3) is 0 Å². The molecule has 1 unspecified atom stereocenters. The number of hydrogen-bond donors (Lipinski definition) is 1. The summed E-state index contributed by atoms with van der Waals surface area (Å²) in [6.45, 7) is 3.81. The van der Waals surface area contributed by atoms with Crippen LogP contribution in [-0.2, 0) is 0 Å². The van der Waals surface area contributed by atoms with Gasteiger partial charge in [-0.3, -0.25) is 0 Å². The smallest absolute Gasteiger partial charge is 0.191 e. The molecule has 0 aliphatic rings. The molecule has 0 aliphatic carbocycles. The zero-order valence-electron chi connectivity index (χ0n) is 8.19. The second kappa shape index (κ2) is 4.82. The van der Waals surface area contributed by atoms with Crippen LogP contribution in [0.2, 0.25) is 0 Å². The Morgan fingerprint density at radius 1 is 1.64 bits per heavy atom. The Balaban J connectivity index is 2.82. The van der Waals surface area contributed by atoms with Crippen LogP contribution in [0.25, 0.3) is 0 Å². The lowest BCUT2D eigenvalue weighted by Crippen LogP contribution is -2.01. The molecule has 1 atom stereocenters. The number of rotatable bonds is 3. The van der Waals surface area contributed by atoms with E-state index in [1.807, 2.05) is 13.8 Å². The maximum Gasteiger partial charge on any atom is 0.191 e. The van der Waals surface area contributed by atoms with Gasteiger partial charge in [0.2, 0.25) is 0 Å². The van der Waals surface area contributed by atoms with Gasteiger partial charge in [0.05, 0.1) is 11.3 Å². The SMILES string of the molecule is CCC(C#N)Sc1nc(C)cc(N)n1. The lowest BCUT2D eigenvalue weighted by atomic mass is 10.4. The van der Waals surface area contributed by atoms with Crippen molar-refractivity contribution in [3.8, 4) is 6.07 Å². The Morgan fingerprint density at radius 2 is 2.36 bits per heavy atom. The molecule has 1 aromatic heterocycles. The fourth-order valence-electron chi connectivity index (χ4n) is 0.946. The minimum atomic E-state index is -0.101. The summed E-state index contributed by atoms with van der Waals surface area (Å²) in [5.41, 5.74) is 6.40. The lowest BCUT2D eigenvalue weighted by molar-refractivity contribution is 0.919. The Morgan fingerprint density at radius 3 is 2.86 bits per heavy atom. The Hall–Kier alpha value is -1.28. The first-order valence-electron chi connectivity index (χ1n) is 4.33. The molecule has 1 rings (SSSR count). The van der Waals surface area contributed by atoms with Gasteiger partial charge in [0.15, 0.2) is 5.16 Å². The highest BCUT2D eigenvalue weighted by Gasteiger charge is 2.09. The molecule has 0 radical (unpaired) electrons. The standard InChI is InChI=1S/C9H12N4S/c1-3-7(5-10)14-9-12-6(2)4-8(11)13-9/h4,7H,3H2,1-2H3,(H2,11,12,13). The van der Waals surface area contributed by atoms with E-state index in [0.29, 0.717) is 11.0 Å². The molecule has 0 saturated carbocycles. The van der Waals surface area contributed by atoms with E-state index < -0.39 is 0 Å². The lowest BCUT2D eigenvalue weighted by Gasteiger charge is -2.05. The normalized spacial score (nSPS) is 12.1. The van der Waals surface area contributed by atoms with E-state index in [2.05, 4.69) is 16.0 Å². The van der Waals surface area contributed by atoms with E-state index in [1.165, 1.54) is 11.8 Å². The zero-order valence-corrected chi connectivity index (χ0v) is 9.01. The first kappa shape index (κ1) is 10.8. The average Bonchev–Trinajstić information content (AvgIpc) is 2.12. The highest BCUT2D eigenvalue weighted by atomic mass is 32.2. The summed E-state index contributed by atoms with van der Waals surface area (Å²) in [5, 5.41) is 9.25. The predicted octanol–water partition coefficient (Wildman–Crippen LogP) is 1.76. The number of thioether (sulfide) groups is 1. The molecule has 0 aliphatic heterocycles. The molecule has 74 valence electrons. The molecule has 4 nitrogen and oxygen atoms in total. The van der Waals surface area contributed by atoms with Gasteiger partial charge in [-0.05, 0) is 13.3 Å². The molecule has 0 bridgehead atoms. The molecular weight excluding hydrogens is 196 g/mol. The largest absolute Gasteiger partial charge is 0.384 e. The van der Waals surface area contributed by atoms with E-state index in [-0.39, 0.29) is 5.25 Å². The first-order valence-corrected chi connectivity index (χ1v) is 5.21. The maximum absolute atomic E-state index is 8.77. The Bertz CT molecular complexity index is 338. The van der Waals surface area contributed by atoms with Gasteiger partial charge < -0.3 is 5.73 Å². The topological polar surface area (TPSA) is 75.6 Å². The van der Waals surface area contributed by atoms with E-state index >= 15 is 0 Å². The number of nitriles is 1. The molecule has 5 heteroatoms. The molecule has 1 aromatic rings. The number of anilines is 1. The maximum atomic E-state index is 8.77. The molecular formula is C9H12N4S. The van der Waals surface area contributed by atoms with Crippen molar-refractivity contribution in [2.75, 3.05) is 5.73 Å². The van der Waals surface area contributed by atoms with Gasteiger partial charge in [-0.25, -0.2) is 9.97 Å². The number of nitrogens with zero attached hydrogens (tertiary/aromatic N) is 3. The summed E-state index contributed by atoms with van der Waals surface area (Å²) in [6.07, 6.45) is 0.776. The molecule has 0 spiro atoms. The number of nitrogen functional groups attached to an aromatic ring is 1. The van der Waals surface area contributed by atoms with Crippen molar-refractivity contribution in [3.05, 3.63) is 11.8 Å². The third-order valence-electron chi connectivity index (χ3n) is 1.62. The van der Waals surface area contributed by atoms with Crippen molar-refractivity contribution in [2.24, 2.45) is 0 Å². The van der Waals surface area contributed by atoms with Crippen molar-refractivity contribution in [3.63, 3.8) is 0 Å². The summed E-state index contributed by atoms with van der Waals surface area (Å²) in [6, 6.07) is 3.89. The average molecular weight is 208 g/mol. The summed E-state index contributed by atoms with van der Waals surface area (Å²) >= 11 is 1.35. The van der Waals surface area contributed by atoms with Crippen molar-refractivity contribution < 1.29 is 0 Å². The van der Waals surface area contributed by atoms with Crippen LogP contribution in [0.5, 0.6) is 0 Å². The molecule has 0 amide bonds. The first-order chi connectivity index (χ1) is 6.65. The number of nitrogens with two attached hydrogens (primary N) is 1. The summed E-state index contributed by atoms with van der Waals surface area (Å²) in [4.78, 5) is 8.24. The van der Waals surface area contributed by atoms with E-state index in [1.54, 1.807) is 6.07 Å². The van der Waals surface area contributed by atoms with Crippen LogP contribution in [0.1, 0.15) is 19.0 Å². The van der Waals surface area contributed by atoms with Crippen molar-refractivity contribution >= 4 is 17.6 Å². The monoisotopic (exact) mass is 208 g/mol. The second-order valence-electron chi connectivity index (χ2n) is 2.86. The van der Waals surface area contributed by atoms with Crippen LogP contribution >= 0.6 is 11.8 Å². The van der Waals surface area contributed by atoms with E-state index in [0.717, 1.165) is 12.1 Å². The van der Waals surface area contributed by atoms with Crippen LogP contribution in [0.4, 0.5) is 5.82 Å². The summed E-state index contributed by atoms with van der Waals surface area (Å²) < 4.78 is 0. The van der Waals surface area contributed by atoms with Crippen molar-refractivity contribution in [1.82, 2.24) is 9.97 Å². The summed E-state index contributed by atoms with van der Waals surface area (Å²) in [5.74, 6) is 0.452. The van der Waals surface area contributed by atoms with Crippen molar-refractivity contribution in [2.45, 2.75) is 30.7 Å². The fraction of sp³-hybridized carbons (Fsp3) is 0.444. The van der Waals surface area contributed by atoms with Gasteiger partial charge in [0, 0.05) is 11.8 Å². The van der Waals surface area contributed by atoms with Gasteiger partial charge in [-0.1, -0.05) is 18.7 Å². The van der Waals surface area contributed by atoms with Crippen molar-refractivity contribution in [1.29, 1.82) is 5.26 Å². The van der Waals surface area contributed by atoms with Gasteiger partial charge in [0.1, 0.15) is 5.82 Å². The fourth-order valence-corrected chi connectivity index (χ4v) is 1.77. The molecule has 0 aromatic carbocycles. The number of hydrogen-bond acceptors (Lipinski definition) is 5. The van der Waals surface area contributed by atoms with Crippen LogP contribution in [0.15, 0.2) is 11.2 Å². The second-order valence-corrected chi connectivity index (χ2v) is 4.03. The minimum Gasteiger partial charge on any atom is -0.384 e. The molecule has 14 heavy (non-hydrogen) atoms. The Kier molecular flexibility index (Phi) is 3.72. The van der Waals surface area contributed by atoms with Crippen LogP contribution in [-0.4, -0.2) is 15.2 Å². The highest BCUT2D eigenvalue weighted by molar-refractivity contribution is 8.00. The summed E-state index contributed by atoms with van der Waals surface area (Å²) in [7, 11) is 0. The predicted molar refractivity (Wildman–Crippen MR) is 56.7 cm³/mol. The third-order valence-corrected chi connectivity index (χ3v) is 2.73. The minimum absolute atomic E-state index is 0.101. The van der Waals surface area contributed by atoms with Gasteiger partial charge in [-0.2, -0.15) is 5.26 Å². The van der Waals surface area contributed by atoms with Gasteiger partial charge >= 0.3 is 0 Å². The number of aromatic nitrogens is 2. The molecule has 0 saturated heterocycles. The van der Waals surface area contributed by atoms with Gasteiger partial charge in [-0.15, -0.1) is 0 Å². The molecule has 0 fully saturated rings. The molecule has 1 heterocycles. The molecule has 2 N–H and O–H groups in total. The van der Waals surface area contributed by atoms with E-state index in [9.17, 15) is 0 Å².